The van der Waals surface area contributed by atoms with Gasteiger partial charge in [-0.1, -0.05) is 25.0 Å². The van der Waals surface area contributed by atoms with Gasteiger partial charge in [0.2, 0.25) is 0 Å². The Labute approximate surface area is 136 Å². The van der Waals surface area contributed by atoms with Gasteiger partial charge in [-0.25, -0.2) is 0 Å². The molecule has 0 amide bonds. The average Bonchev–Trinajstić information content (AvgIpc) is 2.42. The van der Waals surface area contributed by atoms with Gasteiger partial charge in [0.25, 0.3) is 0 Å². The van der Waals surface area contributed by atoms with E-state index in [2.05, 4.69) is 43.6 Å². The van der Waals surface area contributed by atoms with Gasteiger partial charge in [-0.2, -0.15) is 6.58 Å². The minimum atomic E-state index is 0. The minimum Gasteiger partial charge on any atom is -0.304 e. The fraction of sp³-hybridized carbons (Fsp3) is 0.389. The van der Waals surface area contributed by atoms with Crippen molar-refractivity contribution in [3.8, 4) is 0 Å². The number of hydrogen-bond acceptors (Lipinski definition) is 1. The molecular formula is C18H22IrN-. The first kappa shape index (κ1) is 17.1. The molecule has 20 heavy (non-hydrogen) atoms. The number of aromatic nitrogens is 1. The summed E-state index contributed by atoms with van der Waals surface area (Å²) in [5.74, 6) is 0.564. The fourth-order valence-corrected chi connectivity index (χ4v) is 2.42. The second kappa shape index (κ2) is 8.34. The fourth-order valence-electron chi connectivity index (χ4n) is 2.42. The van der Waals surface area contributed by atoms with Crippen LogP contribution in [0.5, 0.6) is 0 Å². The Morgan fingerprint density at radius 3 is 2.85 bits per heavy atom. The predicted octanol–water partition coefficient (Wildman–Crippen LogP) is 4.54. The van der Waals surface area contributed by atoms with Gasteiger partial charge < -0.3 is 4.98 Å². The summed E-state index contributed by atoms with van der Waals surface area (Å²) in [6.07, 6.45) is 16.1. The van der Waals surface area contributed by atoms with Crippen LogP contribution in [0.25, 0.3) is 5.57 Å². The summed E-state index contributed by atoms with van der Waals surface area (Å²) in [5, 5.41) is 0. The molecule has 109 valence electrons. The Balaban J connectivity index is 0.00000200. The van der Waals surface area contributed by atoms with Crippen molar-refractivity contribution in [1.29, 1.82) is 0 Å². The van der Waals surface area contributed by atoms with E-state index in [0.29, 0.717) is 5.92 Å². The van der Waals surface area contributed by atoms with Crippen LogP contribution in [0.2, 0.25) is 0 Å². The van der Waals surface area contributed by atoms with E-state index in [9.17, 15) is 0 Å². The van der Waals surface area contributed by atoms with E-state index < -0.39 is 0 Å². The smallest absolute Gasteiger partial charge is 0.0163 e. The molecule has 1 aromatic rings. The molecule has 2 rings (SSSR count). The van der Waals surface area contributed by atoms with Crippen molar-refractivity contribution in [2.45, 2.75) is 39.5 Å². The molecule has 0 unspecified atom stereocenters. The van der Waals surface area contributed by atoms with Gasteiger partial charge in [-0.3, -0.25) is 0 Å². The maximum absolute atomic E-state index is 4.50. The number of allylic oxidation sites excluding steroid dienone is 5. The average molecular weight is 445 g/mol. The Morgan fingerprint density at radius 2 is 2.10 bits per heavy atom. The van der Waals surface area contributed by atoms with E-state index in [-0.39, 0.29) is 20.1 Å². The summed E-state index contributed by atoms with van der Waals surface area (Å²) < 4.78 is 0. The number of hydrogen-bond donors (Lipinski definition) is 0. The second-order valence-corrected chi connectivity index (χ2v) is 5.42. The summed E-state index contributed by atoms with van der Waals surface area (Å²) >= 11 is 0. The normalized spacial score (nSPS) is 14.6. The zero-order valence-corrected chi connectivity index (χ0v) is 14.7. The van der Waals surface area contributed by atoms with Gasteiger partial charge in [-0.15, -0.1) is 29.9 Å². The monoisotopic (exact) mass is 445 g/mol. The summed E-state index contributed by atoms with van der Waals surface area (Å²) in [6, 6.07) is 2.15. The van der Waals surface area contributed by atoms with Gasteiger partial charge in [-0.05, 0) is 43.4 Å². The van der Waals surface area contributed by atoms with Crippen LogP contribution in [0.15, 0.2) is 37.1 Å². The van der Waals surface area contributed by atoms with Crippen molar-refractivity contribution in [1.82, 2.24) is 4.98 Å². The summed E-state index contributed by atoms with van der Waals surface area (Å²) in [6.45, 7) is 8.43. The van der Waals surface area contributed by atoms with Crippen molar-refractivity contribution < 1.29 is 20.1 Å². The minimum absolute atomic E-state index is 0. The number of fused-ring (bicyclic) bond motifs is 1. The molecule has 2 heteroatoms. The van der Waals surface area contributed by atoms with Crippen molar-refractivity contribution in [2.75, 3.05) is 0 Å². The molecule has 0 aromatic carbocycles. The number of rotatable bonds is 4. The van der Waals surface area contributed by atoms with Crippen LogP contribution in [0.4, 0.5) is 0 Å². The molecule has 1 heterocycles. The largest absolute Gasteiger partial charge is 0.304 e. The number of pyridine rings is 1. The number of nitrogens with zero attached hydrogens (tertiary/aromatic N) is 1. The third kappa shape index (κ3) is 4.54. The number of aryl methyl sites for hydroxylation is 1. The molecule has 1 radical (unpaired) electrons. The molecule has 0 saturated heterocycles. The summed E-state index contributed by atoms with van der Waals surface area (Å²) in [7, 11) is 0. The van der Waals surface area contributed by atoms with E-state index in [1.165, 1.54) is 30.4 Å². The molecular weight excluding hydrogens is 422 g/mol. The quantitative estimate of drug-likeness (QED) is 0.491. The van der Waals surface area contributed by atoms with Crippen molar-refractivity contribution in [2.24, 2.45) is 5.92 Å². The molecule has 0 bridgehead atoms. The second-order valence-electron chi connectivity index (χ2n) is 5.42. The van der Waals surface area contributed by atoms with E-state index in [4.69, 9.17) is 0 Å². The molecule has 0 saturated carbocycles. The van der Waals surface area contributed by atoms with Crippen LogP contribution in [0.1, 0.15) is 43.5 Å². The molecule has 0 aliphatic heterocycles. The van der Waals surface area contributed by atoms with Crippen LogP contribution < -0.4 is 0 Å². The molecule has 0 spiro atoms. The predicted molar refractivity (Wildman–Crippen MR) is 81.7 cm³/mol. The molecule has 0 fully saturated rings. The maximum atomic E-state index is 4.50. The van der Waals surface area contributed by atoms with Gasteiger partial charge in [0.1, 0.15) is 0 Å². The Bertz CT molecular complexity index is 512. The van der Waals surface area contributed by atoms with Crippen LogP contribution >= 0.6 is 0 Å². The van der Waals surface area contributed by atoms with Crippen LogP contribution in [-0.4, -0.2) is 4.98 Å². The zero-order valence-electron chi connectivity index (χ0n) is 12.3. The van der Waals surface area contributed by atoms with Gasteiger partial charge in [0.15, 0.2) is 0 Å². The summed E-state index contributed by atoms with van der Waals surface area (Å²) in [4.78, 5) is 4.50. The van der Waals surface area contributed by atoms with Crippen molar-refractivity contribution in [3.05, 3.63) is 60.0 Å². The first-order chi connectivity index (χ1) is 9.18. The Hall–Kier alpha value is -0.981. The standard InChI is InChI=1S/C18H22N.Ir/c1-14(2)8-4-5-9-15(3)18-17-11-7-6-10-16(17)12-13-19-18;/h4-5,8,12-14H,3,6-7,10-11H2,1-2H3;/q-1;/b8-4+;. The van der Waals surface area contributed by atoms with E-state index in [1.807, 2.05) is 18.3 Å². The first-order valence-corrected chi connectivity index (χ1v) is 7.11. The summed E-state index contributed by atoms with van der Waals surface area (Å²) in [5.41, 5.74) is 4.75. The third-order valence-corrected chi connectivity index (χ3v) is 3.41. The molecule has 1 nitrogen and oxygen atoms in total. The van der Waals surface area contributed by atoms with Crippen molar-refractivity contribution >= 4 is 5.57 Å². The maximum Gasteiger partial charge on any atom is 0.0163 e. The SMILES string of the molecule is C=C([C-]=C/C=C/C(C)C)c1nccc2c1CCCC2.[Ir]. The van der Waals surface area contributed by atoms with Gasteiger partial charge in [0.05, 0.1) is 0 Å². The molecule has 0 N–H and O–H groups in total. The first-order valence-electron chi connectivity index (χ1n) is 7.11. The van der Waals surface area contributed by atoms with Gasteiger partial charge >= 0.3 is 0 Å². The molecule has 1 aliphatic rings. The van der Waals surface area contributed by atoms with Crippen LogP contribution in [0, 0.1) is 12.0 Å². The third-order valence-electron chi connectivity index (χ3n) is 3.41. The topological polar surface area (TPSA) is 12.9 Å². The van der Waals surface area contributed by atoms with Crippen LogP contribution in [-0.2, 0) is 32.9 Å². The Kier molecular flexibility index (Phi) is 7.12. The molecule has 0 atom stereocenters. The van der Waals surface area contributed by atoms with E-state index >= 15 is 0 Å². The van der Waals surface area contributed by atoms with Crippen LogP contribution in [0.3, 0.4) is 0 Å². The molecule has 1 aliphatic carbocycles. The zero-order chi connectivity index (χ0) is 13.7. The van der Waals surface area contributed by atoms with E-state index in [1.54, 1.807) is 0 Å². The van der Waals surface area contributed by atoms with E-state index in [0.717, 1.165) is 17.7 Å². The van der Waals surface area contributed by atoms with Crippen molar-refractivity contribution in [3.63, 3.8) is 0 Å². The van der Waals surface area contributed by atoms with Gasteiger partial charge in [0, 0.05) is 26.3 Å². The molecule has 1 aromatic heterocycles. The Morgan fingerprint density at radius 1 is 1.35 bits per heavy atom.